The van der Waals surface area contributed by atoms with E-state index in [1.807, 2.05) is 0 Å². The summed E-state index contributed by atoms with van der Waals surface area (Å²) in [5.74, 6) is -2.01. The van der Waals surface area contributed by atoms with Gasteiger partial charge in [0.1, 0.15) is 0 Å². The van der Waals surface area contributed by atoms with Gasteiger partial charge in [-0.05, 0) is 208 Å². The van der Waals surface area contributed by atoms with Crippen LogP contribution in [-0.4, -0.2) is 24.3 Å². The number of aryl methyl sites for hydroxylation is 1. The van der Waals surface area contributed by atoms with Crippen molar-refractivity contribution in [3.8, 4) is 0 Å². The SMILES string of the molecule is C1=C\CC/C=C\CC/1.CC(C)(C)C(=O)[O-].CC(C)(C)C(=O)[O-].Cc1cc[c]([Rh])cc1.FC(F)(F)c1ccc(P(c2ccc(C(F)(F)F)cc2)c2ccc(C(F)(F)F)cc2)cc1.FC(F)(F)c1ccc(P(c2ccc(C(F)(F)F)cc2)c2ccc(C(F)(F)F)cc2)cc1.[Rh+].c1ccc(P(CCCCP(c2ccccc2)c2ccccc2)c2ccccc2)cc1. The summed E-state index contributed by atoms with van der Waals surface area (Å²) in [5.41, 5.74) is -5.54. The molecule has 0 amide bonds. The molecule has 11 aromatic rings. The van der Waals surface area contributed by atoms with Gasteiger partial charge in [-0.25, -0.2) is 0 Å². The molecule has 12 rings (SSSR count). The van der Waals surface area contributed by atoms with E-state index >= 15 is 0 Å². The predicted molar refractivity (Wildman–Crippen MR) is 454 cm³/mol. The second-order valence-corrected chi connectivity index (χ2v) is 39.3. The van der Waals surface area contributed by atoms with E-state index in [9.17, 15) is 98.8 Å². The number of rotatable bonds is 15. The molecule has 0 unspecified atom stereocenters. The van der Waals surface area contributed by atoms with Crippen molar-refractivity contribution in [2.75, 3.05) is 12.3 Å². The molecule has 0 atom stereocenters. The number of unbranched alkanes of at least 4 members (excludes halogenated alkanes) is 1. The number of benzene rings is 11. The van der Waals surface area contributed by atoms with Crippen molar-refractivity contribution in [1.29, 1.82) is 0 Å². The van der Waals surface area contributed by atoms with Gasteiger partial charge in [0.15, 0.2) is 0 Å². The molecule has 0 N–H and O–H groups in total. The van der Waals surface area contributed by atoms with Crippen LogP contribution in [0.15, 0.2) is 315 Å². The number of carbonyl (C=O) groups excluding carboxylic acids is 2. The minimum Gasteiger partial charge on any atom is -0.166 e. The summed E-state index contributed by atoms with van der Waals surface area (Å²) in [6.07, 6.45) is -8.41. The molecule has 28 heteroatoms. The minimum atomic E-state index is -4.58. The fourth-order valence-electron chi connectivity index (χ4n) is 10.9. The average molecular weight is 1970 g/mol. The second-order valence-electron chi connectivity index (χ2n) is 29.2. The number of carboxylic acid groups (broad SMARTS) is 2. The van der Waals surface area contributed by atoms with E-state index in [-0.39, 0.29) is 35.3 Å². The van der Waals surface area contributed by atoms with Crippen LogP contribution in [0.25, 0.3) is 0 Å². The van der Waals surface area contributed by atoms with E-state index in [2.05, 4.69) is 195 Å². The largest absolute Gasteiger partial charge is 1.00 e. The molecule has 1 aliphatic carbocycles. The Balaban J connectivity index is 0.000000278. The number of halogens is 18. The molecule has 0 bridgehead atoms. The summed E-state index contributed by atoms with van der Waals surface area (Å²) < 4.78 is 233. The van der Waals surface area contributed by atoms with Gasteiger partial charge in [0.05, 0.1) is 33.4 Å². The van der Waals surface area contributed by atoms with Crippen molar-refractivity contribution >= 4 is 101 Å². The number of carboxylic acids is 2. The Kier molecular flexibility index (Phi) is 41.8. The smallest absolute Gasteiger partial charge is 0.166 e. The van der Waals surface area contributed by atoms with E-state index in [0.29, 0.717) is 31.8 Å². The van der Waals surface area contributed by atoms with E-state index < -0.39 is 109 Å². The summed E-state index contributed by atoms with van der Waals surface area (Å²) in [7, 11) is -3.95. The third-order valence-corrected chi connectivity index (χ3v) is 28.2. The predicted octanol–water partition coefficient (Wildman–Crippen LogP) is 22.4. The zero-order valence-corrected chi connectivity index (χ0v) is 74.4. The van der Waals surface area contributed by atoms with Crippen molar-refractivity contribution in [3.63, 3.8) is 0 Å². The van der Waals surface area contributed by atoms with Gasteiger partial charge in [0, 0.05) is 22.8 Å². The summed E-state index contributed by atoms with van der Waals surface area (Å²) in [6, 6.07) is 76.9. The Bertz CT molecular complexity index is 4290. The van der Waals surface area contributed by atoms with Crippen LogP contribution in [-0.2, 0) is 84.4 Å². The van der Waals surface area contributed by atoms with Crippen molar-refractivity contribution < 1.29 is 137 Å². The molecule has 0 spiro atoms. The molecule has 0 heterocycles. The van der Waals surface area contributed by atoms with E-state index in [1.54, 1.807) is 41.5 Å². The minimum absolute atomic E-state index is 0. The van der Waals surface area contributed by atoms with Gasteiger partial charge in [-0.15, -0.1) is 0 Å². The van der Waals surface area contributed by atoms with E-state index in [1.165, 1.54) is 155 Å². The van der Waals surface area contributed by atoms with Crippen LogP contribution in [0, 0.1) is 17.8 Å². The zero-order chi connectivity index (χ0) is 90.3. The molecular formula is C95H89F18O4P4Rh2-. The first kappa shape index (κ1) is 105. The molecule has 4 nitrogen and oxygen atoms in total. The van der Waals surface area contributed by atoms with Gasteiger partial charge in [0.25, 0.3) is 0 Å². The fraction of sp³-hybridized carbons (Fsp3) is 0.242. The monoisotopic (exact) mass is 1970 g/mol. The molecule has 0 saturated heterocycles. The summed E-state index contributed by atoms with van der Waals surface area (Å²) in [6.45, 7) is 11.7. The van der Waals surface area contributed by atoms with Crippen LogP contribution in [0.2, 0.25) is 0 Å². The van der Waals surface area contributed by atoms with E-state index in [4.69, 9.17) is 0 Å². The molecule has 123 heavy (non-hydrogen) atoms. The molecule has 658 valence electrons. The van der Waals surface area contributed by atoms with Crippen molar-refractivity contribution in [2.45, 2.75) is 124 Å². The van der Waals surface area contributed by atoms with Crippen molar-refractivity contribution in [3.05, 3.63) is 354 Å². The average Bonchev–Trinajstić information content (AvgIpc) is 0.794. The molecule has 0 aliphatic heterocycles. The van der Waals surface area contributed by atoms with Crippen LogP contribution in [0.5, 0.6) is 0 Å². The Labute approximate surface area is 734 Å². The van der Waals surface area contributed by atoms with Gasteiger partial charge in [-0.2, -0.15) is 79.0 Å². The number of hydrogen-bond donors (Lipinski definition) is 0. The molecule has 0 fully saturated rings. The molecule has 0 radical (unpaired) electrons. The van der Waals surface area contributed by atoms with Gasteiger partial charge < -0.3 is 19.8 Å². The maximum absolute atomic E-state index is 12.9. The number of aliphatic carboxylic acids is 2. The molecular weight excluding hydrogens is 1880 g/mol. The maximum atomic E-state index is 12.9. The van der Waals surface area contributed by atoms with Crippen LogP contribution >= 0.6 is 31.7 Å². The van der Waals surface area contributed by atoms with Crippen LogP contribution in [0.1, 0.15) is 119 Å². The Hall–Kier alpha value is -8.45. The van der Waals surface area contributed by atoms with Gasteiger partial charge in [0.2, 0.25) is 0 Å². The zero-order valence-electron chi connectivity index (χ0n) is 67.6. The summed E-state index contributed by atoms with van der Waals surface area (Å²) in [5, 5.41) is 27.9. The Morgan fingerprint density at radius 2 is 0.439 bits per heavy atom. The van der Waals surface area contributed by atoms with Gasteiger partial charge in [-0.3, -0.25) is 0 Å². The van der Waals surface area contributed by atoms with Crippen LogP contribution in [0.3, 0.4) is 0 Å². The van der Waals surface area contributed by atoms with Crippen molar-refractivity contribution in [1.82, 2.24) is 0 Å². The topological polar surface area (TPSA) is 80.3 Å². The first-order valence-corrected chi connectivity index (χ1v) is 44.5. The normalized spacial score (nSPS) is 13.0. The molecule has 0 aromatic heterocycles. The van der Waals surface area contributed by atoms with Crippen LogP contribution in [0.4, 0.5) is 79.0 Å². The maximum Gasteiger partial charge on any atom is 1.00 e. The third kappa shape index (κ3) is 36.6. The molecule has 1 aliphatic rings. The van der Waals surface area contributed by atoms with Crippen molar-refractivity contribution in [2.24, 2.45) is 10.8 Å². The van der Waals surface area contributed by atoms with Gasteiger partial charge in [-0.1, -0.05) is 260 Å². The molecule has 11 aromatic carbocycles. The Morgan fingerprint density at radius 3 is 0.577 bits per heavy atom. The van der Waals surface area contributed by atoms with Gasteiger partial charge >= 0.3 is 116 Å². The van der Waals surface area contributed by atoms with Crippen LogP contribution < -0.4 is 67.4 Å². The first-order valence-electron chi connectivity index (χ1n) is 37.9. The second kappa shape index (κ2) is 48.9. The van der Waals surface area contributed by atoms with E-state index in [0.717, 1.165) is 72.8 Å². The quantitative estimate of drug-likeness (QED) is 0.0337. The fourth-order valence-corrected chi connectivity index (χ4v) is 20.4. The summed E-state index contributed by atoms with van der Waals surface area (Å²) >= 11 is 2.83. The molecule has 0 saturated carbocycles. The first-order chi connectivity index (χ1) is 57.1. The third-order valence-electron chi connectivity index (χ3n) is 17.6. The standard InChI is InChI=1S/C28H28P2.2C21H12F9P.C8H12.C7H7.2C5H10O2.2Rh/c1-5-15-25(16-6-1)29(26-17-7-2-8-18-26)23-13-14-24-30(27-19-9-3-10-20-27)28-21-11-4-12-22-28;2*22-19(23,24)13-1-7-16(8-2-13)31(17-9-3-14(4-10-17)20(25,26)27)18-11-5-15(6-12-18)21(28,29)30;1-2-4-6-8-7-5-3-1;1-7-5-3-2-4-6-7;2*1-5(2,3)4(6)7;;/h1-12,15-22H,13-14,23-24H2;2*1-12H;1-2,7-8H,3-6H2;3-6H,1H3;2*1-3H3,(H,6,7);;/q;;;;;;;;+1/p-2/b;;;2-1-,8-7-;;;;;. The summed E-state index contributed by atoms with van der Waals surface area (Å²) in [4.78, 5) is 19.8. The number of carbonyl (C=O) groups is 2. The number of alkyl halides is 18. The Morgan fingerprint density at radius 1 is 0.276 bits per heavy atom. The number of allylic oxidation sites excluding steroid dienone is 4. The number of hydrogen-bond acceptors (Lipinski definition) is 4.